The number of alkyl halides is 4. The van der Waals surface area contributed by atoms with Crippen molar-refractivity contribution in [2.24, 2.45) is 4.99 Å². The van der Waals surface area contributed by atoms with E-state index in [-0.39, 0.29) is 6.61 Å². The molecule has 16 heavy (non-hydrogen) atoms. The van der Waals surface area contributed by atoms with Crippen LogP contribution in [-0.2, 0) is 9.53 Å². The second-order valence-corrected chi connectivity index (χ2v) is 3.37. The third-order valence-corrected chi connectivity index (χ3v) is 1.99. The average Bonchev–Trinajstić information content (AvgIpc) is 2.17. The lowest BCUT2D eigenvalue weighted by molar-refractivity contribution is -0.148. The summed E-state index contributed by atoms with van der Waals surface area (Å²) in [4.78, 5) is 14.7. The molecule has 0 spiro atoms. The van der Waals surface area contributed by atoms with Gasteiger partial charge in [-0.3, -0.25) is 0 Å². The maximum Gasteiger partial charge on any atom is 0.431 e. The van der Waals surface area contributed by atoms with Crippen LogP contribution in [0.2, 0.25) is 0 Å². The standard InChI is InChI=1S/C8H8ClF3N2O2/c1-2-16-6(15)7(9)13-4-3-5(14-7)8(10,11)12/h3-4,14H,2H2,1H3. The van der Waals surface area contributed by atoms with Gasteiger partial charge in [0.2, 0.25) is 0 Å². The van der Waals surface area contributed by atoms with Gasteiger partial charge < -0.3 is 10.1 Å². The van der Waals surface area contributed by atoms with E-state index in [4.69, 9.17) is 11.6 Å². The topological polar surface area (TPSA) is 50.7 Å². The molecule has 1 N–H and O–H groups in total. The average molecular weight is 257 g/mol. The van der Waals surface area contributed by atoms with Gasteiger partial charge in [-0.15, -0.1) is 0 Å². The number of aliphatic imine (C=N–C) groups is 1. The first kappa shape index (κ1) is 12.8. The van der Waals surface area contributed by atoms with Crippen molar-refractivity contribution in [3.8, 4) is 0 Å². The van der Waals surface area contributed by atoms with Crippen LogP contribution in [-0.4, -0.2) is 30.1 Å². The van der Waals surface area contributed by atoms with Crippen molar-refractivity contribution in [2.75, 3.05) is 6.61 Å². The van der Waals surface area contributed by atoms with E-state index in [1.54, 1.807) is 5.32 Å². The Morgan fingerprint density at radius 2 is 2.31 bits per heavy atom. The molecule has 0 aromatic carbocycles. The van der Waals surface area contributed by atoms with Crippen LogP contribution in [0.5, 0.6) is 0 Å². The quantitative estimate of drug-likeness (QED) is 0.463. The Bertz CT molecular complexity index is 354. The molecule has 0 bridgehead atoms. The van der Waals surface area contributed by atoms with E-state index in [1.165, 1.54) is 6.92 Å². The fourth-order valence-electron chi connectivity index (χ4n) is 0.963. The first-order chi connectivity index (χ1) is 7.29. The van der Waals surface area contributed by atoms with E-state index >= 15 is 0 Å². The molecule has 1 rings (SSSR count). The van der Waals surface area contributed by atoms with Crippen LogP contribution in [0.25, 0.3) is 0 Å². The minimum absolute atomic E-state index is 0.00440. The number of carbonyl (C=O) groups is 1. The molecule has 1 unspecified atom stereocenters. The number of carbonyl (C=O) groups excluding carboxylic acids is 1. The lowest BCUT2D eigenvalue weighted by Crippen LogP contribution is -2.50. The number of hydrogen-bond acceptors (Lipinski definition) is 4. The number of halogens is 4. The van der Waals surface area contributed by atoms with Crippen molar-refractivity contribution >= 4 is 23.8 Å². The molecule has 1 aliphatic heterocycles. The van der Waals surface area contributed by atoms with Gasteiger partial charge in [-0.1, -0.05) is 11.6 Å². The highest BCUT2D eigenvalue weighted by atomic mass is 35.5. The van der Waals surface area contributed by atoms with Crippen molar-refractivity contribution < 1.29 is 22.7 Å². The molecule has 0 saturated carbocycles. The van der Waals surface area contributed by atoms with Gasteiger partial charge >= 0.3 is 17.3 Å². The van der Waals surface area contributed by atoms with Gasteiger partial charge in [0.15, 0.2) is 0 Å². The monoisotopic (exact) mass is 256 g/mol. The molecule has 1 atom stereocenters. The van der Waals surface area contributed by atoms with Crippen molar-refractivity contribution in [1.82, 2.24) is 5.32 Å². The molecule has 0 aromatic heterocycles. The summed E-state index contributed by atoms with van der Waals surface area (Å²) in [6.07, 6.45) is -3.14. The molecule has 0 fully saturated rings. The van der Waals surface area contributed by atoms with Gasteiger partial charge in [-0.2, -0.15) is 13.2 Å². The molecule has 0 aromatic rings. The molecule has 1 heterocycles. The van der Waals surface area contributed by atoms with E-state index in [1.807, 2.05) is 0 Å². The Labute approximate surface area is 94.1 Å². The Kier molecular flexibility index (Phi) is 3.47. The number of rotatable bonds is 2. The molecule has 0 radical (unpaired) electrons. The van der Waals surface area contributed by atoms with Crippen molar-refractivity contribution in [3.63, 3.8) is 0 Å². The van der Waals surface area contributed by atoms with Gasteiger partial charge in [-0.05, 0) is 13.0 Å². The molecular formula is C8H8ClF3N2O2. The largest absolute Gasteiger partial charge is 0.462 e. The second kappa shape index (κ2) is 4.32. The highest BCUT2D eigenvalue weighted by Gasteiger charge is 2.45. The summed E-state index contributed by atoms with van der Waals surface area (Å²) in [6, 6.07) is 0. The first-order valence-electron chi connectivity index (χ1n) is 4.26. The highest BCUT2D eigenvalue weighted by molar-refractivity contribution is 6.34. The fraction of sp³-hybridized carbons (Fsp3) is 0.500. The SMILES string of the molecule is CCOC(=O)C1(Cl)N=CC=C(C(F)(F)F)N1. The molecule has 0 amide bonds. The summed E-state index contributed by atoms with van der Waals surface area (Å²) in [5.41, 5.74) is -1.15. The molecule has 1 aliphatic rings. The predicted molar refractivity (Wildman–Crippen MR) is 51.0 cm³/mol. The Balaban J connectivity index is 2.87. The van der Waals surface area contributed by atoms with Crippen LogP contribution >= 0.6 is 11.6 Å². The summed E-state index contributed by atoms with van der Waals surface area (Å²) >= 11 is 5.58. The molecule has 8 heteroatoms. The number of allylic oxidation sites excluding steroid dienone is 2. The van der Waals surface area contributed by atoms with Gasteiger partial charge in [0.05, 0.1) is 6.61 Å². The van der Waals surface area contributed by atoms with Gasteiger partial charge in [0, 0.05) is 6.21 Å². The van der Waals surface area contributed by atoms with Crippen LogP contribution in [0.4, 0.5) is 13.2 Å². The van der Waals surface area contributed by atoms with Crippen molar-refractivity contribution in [1.29, 1.82) is 0 Å². The van der Waals surface area contributed by atoms with E-state index in [0.717, 1.165) is 6.21 Å². The van der Waals surface area contributed by atoms with E-state index < -0.39 is 23.0 Å². The lowest BCUT2D eigenvalue weighted by Gasteiger charge is -2.27. The van der Waals surface area contributed by atoms with Gasteiger partial charge in [-0.25, -0.2) is 9.79 Å². The van der Waals surface area contributed by atoms with Gasteiger partial charge in [0.25, 0.3) is 0 Å². The van der Waals surface area contributed by atoms with E-state index in [9.17, 15) is 18.0 Å². The van der Waals surface area contributed by atoms with Crippen molar-refractivity contribution in [2.45, 2.75) is 18.2 Å². The number of nitrogens with one attached hydrogen (secondary N) is 1. The Morgan fingerprint density at radius 1 is 1.69 bits per heavy atom. The summed E-state index contributed by atoms with van der Waals surface area (Å²) in [5.74, 6) is -1.08. The molecular weight excluding hydrogens is 249 g/mol. The fourth-order valence-corrected chi connectivity index (χ4v) is 1.18. The first-order valence-corrected chi connectivity index (χ1v) is 4.64. The smallest absolute Gasteiger partial charge is 0.431 e. The van der Waals surface area contributed by atoms with Crippen LogP contribution in [0.1, 0.15) is 6.92 Å². The van der Waals surface area contributed by atoms with Crippen molar-refractivity contribution in [3.05, 3.63) is 11.8 Å². The Morgan fingerprint density at radius 3 is 2.81 bits per heavy atom. The number of nitrogens with zero attached hydrogens (tertiary/aromatic N) is 1. The lowest BCUT2D eigenvalue weighted by atomic mass is 10.3. The normalized spacial score (nSPS) is 24.7. The highest BCUT2D eigenvalue weighted by Crippen LogP contribution is 2.29. The van der Waals surface area contributed by atoms with Crippen LogP contribution in [0, 0.1) is 0 Å². The van der Waals surface area contributed by atoms with Crippen LogP contribution < -0.4 is 5.32 Å². The van der Waals surface area contributed by atoms with Crippen LogP contribution in [0.3, 0.4) is 0 Å². The summed E-state index contributed by atoms with van der Waals surface area (Å²) in [6.45, 7) is 1.50. The molecule has 90 valence electrons. The summed E-state index contributed by atoms with van der Waals surface area (Å²) < 4.78 is 41.5. The third kappa shape index (κ3) is 2.66. The summed E-state index contributed by atoms with van der Waals surface area (Å²) in [5, 5.41) is -0.457. The zero-order valence-electron chi connectivity index (χ0n) is 8.14. The van der Waals surface area contributed by atoms with Gasteiger partial charge in [0.1, 0.15) is 5.70 Å². The van der Waals surface area contributed by atoms with Crippen LogP contribution in [0.15, 0.2) is 16.8 Å². The second-order valence-electron chi connectivity index (χ2n) is 2.82. The van der Waals surface area contributed by atoms with E-state index in [2.05, 4.69) is 9.73 Å². The predicted octanol–water partition coefficient (Wildman–Crippen LogP) is 1.56. The zero-order chi connectivity index (χ0) is 12.4. The molecule has 0 aliphatic carbocycles. The number of esters is 1. The third-order valence-electron chi connectivity index (χ3n) is 1.65. The zero-order valence-corrected chi connectivity index (χ0v) is 8.89. The minimum atomic E-state index is -4.63. The number of ether oxygens (including phenoxy) is 1. The number of hydrogen-bond donors (Lipinski definition) is 1. The maximum absolute atomic E-state index is 12.3. The maximum atomic E-state index is 12.3. The minimum Gasteiger partial charge on any atom is -0.462 e. The van der Waals surface area contributed by atoms with E-state index in [0.29, 0.717) is 6.08 Å². The summed E-state index contributed by atoms with van der Waals surface area (Å²) in [7, 11) is 0. The molecule has 4 nitrogen and oxygen atoms in total. The Hall–Kier alpha value is -1.24. The molecule has 0 saturated heterocycles.